The summed E-state index contributed by atoms with van der Waals surface area (Å²) in [6, 6.07) is 5.12. The number of nitrogens with one attached hydrogen (secondary N) is 1. The van der Waals surface area contributed by atoms with E-state index in [1.54, 1.807) is 0 Å². The molecular formula is C41H78FNO7SSi3. The molecule has 2 rings (SSSR count). The van der Waals surface area contributed by atoms with E-state index in [-0.39, 0.29) is 62.7 Å². The second-order valence-corrected chi connectivity index (χ2v) is 36.3. The summed E-state index contributed by atoms with van der Waals surface area (Å²) in [5, 5.41) is 0.0149. The third-order valence-corrected chi connectivity index (χ3v) is 28.0. The number of ether oxygens (including phenoxy) is 1. The molecule has 0 heterocycles. The van der Waals surface area contributed by atoms with E-state index in [4.69, 9.17) is 18.0 Å². The first-order valence-electron chi connectivity index (χ1n) is 20.3. The molecule has 1 aromatic rings. The van der Waals surface area contributed by atoms with Gasteiger partial charge in [-0.1, -0.05) is 87.6 Å². The maximum absolute atomic E-state index is 14.1. The summed E-state index contributed by atoms with van der Waals surface area (Å²) in [6.07, 6.45) is 7.31. The van der Waals surface area contributed by atoms with E-state index in [1.165, 1.54) is 25.3 Å². The number of carbonyl (C=O) groups excluding carboxylic acids is 1. The van der Waals surface area contributed by atoms with Gasteiger partial charge in [0.2, 0.25) is 10.0 Å². The van der Waals surface area contributed by atoms with Crippen LogP contribution in [0.2, 0.25) is 54.4 Å². The first-order valence-corrected chi connectivity index (χ1v) is 30.5. The van der Waals surface area contributed by atoms with Crippen LogP contribution in [0.1, 0.15) is 120 Å². The first kappa shape index (κ1) is 49.2. The molecule has 0 aliphatic heterocycles. The number of halogens is 1. The minimum atomic E-state index is -3.96. The Bertz CT molecular complexity index is 1450. The predicted molar refractivity (Wildman–Crippen MR) is 228 cm³/mol. The highest BCUT2D eigenvalue weighted by molar-refractivity contribution is 7.89. The number of hydrogen-bond acceptors (Lipinski definition) is 7. The number of sulfonamides is 1. The summed E-state index contributed by atoms with van der Waals surface area (Å²) >= 11 is 0. The van der Waals surface area contributed by atoms with Crippen molar-refractivity contribution in [3.63, 3.8) is 0 Å². The molecule has 13 heteroatoms. The van der Waals surface area contributed by atoms with E-state index >= 15 is 0 Å². The smallest absolute Gasteiger partial charge is 0.305 e. The summed E-state index contributed by atoms with van der Waals surface area (Å²) in [5.74, 6) is -0.279. The summed E-state index contributed by atoms with van der Waals surface area (Å²) < 4.78 is 70.1. The lowest BCUT2D eigenvalue weighted by Crippen LogP contribution is -2.47. The molecule has 0 spiro atoms. The largest absolute Gasteiger partial charge is 0.469 e. The minimum absolute atomic E-state index is 0.0162. The van der Waals surface area contributed by atoms with Crippen LogP contribution in [0, 0.1) is 17.7 Å². The SMILES string of the molecule is COC(=O)CCCCCC[C@@H]1[C@@H](CCC(CNS(=O)(=O)c2cccc(F)c2)O[Si](C)(C)C(C)(C)C)[C@H](O[Si](C)(C)C(C)(C)C)C[C@@H]1O[Si](C)(C)C(C)(C)C. The van der Waals surface area contributed by atoms with Crippen molar-refractivity contribution in [1.82, 2.24) is 4.72 Å². The fourth-order valence-electron chi connectivity index (χ4n) is 6.51. The molecule has 54 heavy (non-hydrogen) atoms. The molecule has 8 nitrogen and oxygen atoms in total. The van der Waals surface area contributed by atoms with Crippen LogP contribution in [0.3, 0.4) is 0 Å². The number of esters is 1. The first-order chi connectivity index (χ1) is 24.4. The number of benzene rings is 1. The second-order valence-electron chi connectivity index (χ2n) is 20.3. The zero-order valence-corrected chi connectivity index (χ0v) is 40.7. The molecule has 1 aromatic carbocycles. The van der Waals surface area contributed by atoms with Gasteiger partial charge in [0.05, 0.1) is 30.3 Å². The number of carbonyl (C=O) groups is 1. The highest BCUT2D eigenvalue weighted by Gasteiger charge is 2.51. The molecule has 314 valence electrons. The Balaban J connectivity index is 2.51. The van der Waals surface area contributed by atoms with E-state index in [1.807, 2.05) is 0 Å². The van der Waals surface area contributed by atoms with Crippen LogP contribution in [0.4, 0.5) is 4.39 Å². The zero-order chi connectivity index (χ0) is 41.6. The van der Waals surface area contributed by atoms with Crippen LogP contribution in [0.5, 0.6) is 0 Å². The van der Waals surface area contributed by atoms with Gasteiger partial charge in [-0.2, -0.15) is 0 Å². The van der Waals surface area contributed by atoms with E-state index in [0.717, 1.165) is 51.0 Å². The van der Waals surface area contributed by atoms with Crippen molar-refractivity contribution in [2.75, 3.05) is 13.7 Å². The van der Waals surface area contributed by atoms with Gasteiger partial charge in [-0.3, -0.25) is 4.79 Å². The van der Waals surface area contributed by atoms with Crippen LogP contribution in [0.15, 0.2) is 29.2 Å². The van der Waals surface area contributed by atoms with Gasteiger partial charge in [-0.25, -0.2) is 17.5 Å². The quantitative estimate of drug-likeness (QED) is 0.0793. The molecule has 5 atom stereocenters. The third kappa shape index (κ3) is 14.2. The van der Waals surface area contributed by atoms with Gasteiger partial charge < -0.3 is 18.0 Å². The highest BCUT2D eigenvalue weighted by atomic mass is 32.2. The van der Waals surface area contributed by atoms with Crippen molar-refractivity contribution in [1.29, 1.82) is 0 Å². The molecule has 1 fully saturated rings. The Labute approximate surface area is 333 Å². The van der Waals surface area contributed by atoms with E-state index in [9.17, 15) is 17.6 Å². The van der Waals surface area contributed by atoms with Crippen molar-refractivity contribution in [2.24, 2.45) is 11.8 Å². The van der Waals surface area contributed by atoms with Crippen molar-refractivity contribution >= 4 is 40.9 Å². The van der Waals surface area contributed by atoms with Gasteiger partial charge in [-0.05, 0) is 117 Å². The molecule has 0 saturated heterocycles. The van der Waals surface area contributed by atoms with Crippen molar-refractivity contribution < 1.29 is 35.6 Å². The molecule has 0 aromatic heterocycles. The minimum Gasteiger partial charge on any atom is -0.469 e. The Morgan fingerprint density at radius 2 is 1.30 bits per heavy atom. The van der Waals surface area contributed by atoms with Crippen LogP contribution < -0.4 is 4.72 Å². The normalized spacial score (nSPS) is 21.4. The average molecular weight is 832 g/mol. The van der Waals surface area contributed by atoms with E-state index < -0.39 is 40.8 Å². The Morgan fingerprint density at radius 3 is 1.78 bits per heavy atom. The lowest BCUT2D eigenvalue weighted by molar-refractivity contribution is -0.140. The van der Waals surface area contributed by atoms with Crippen LogP contribution in [0.25, 0.3) is 0 Å². The van der Waals surface area contributed by atoms with Crippen LogP contribution in [-0.4, -0.2) is 71.3 Å². The lowest BCUT2D eigenvalue weighted by Gasteiger charge is -2.41. The van der Waals surface area contributed by atoms with Gasteiger partial charge in [0.15, 0.2) is 25.0 Å². The fourth-order valence-corrected chi connectivity index (χ4v) is 11.8. The molecule has 0 radical (unpaired) electrons. The zero-order valence-electron chi connectivity index (χ0n) is 36.9. The monoisotopic (exact) mass is 831 g/mol. The summed E-state index contributed by atoms with van der Waals surface area (Å²) in [5.41, 5.74) is 0. The summed E-state index contributed by atoms with van der Waals surface area (Å²) in [4.78, 5) is 11.6. The number of rotatable bonds is 20. The van der Waals surface area contributed by atoms with Crippen molar-refractivity contribution in [2.45, 2.75) is 198 Å². The lowest BCUT2D eigenvalue weighted by atomic mass is 9.85. The maximum atomic E-state index is 14.1. The average Bonchev–Trinajstić information content (AvgIpc) is 3.31. The van der Waals surface area contributed by atoms with Gasteiger partial charge in [0.25, 0.3) is 0 Å². The molecule has 1 N–H and O–H groups in total. The molecule has 1 aliphatic rings. The van der Waals surface area contributed by atoms with Crippen molar-refractivity contribution in [3.8, 4) is 0 Å². The summed E-state index contributed by atoms with van der Waals surface area (Å²) in [7, 11) is -9.12. The standard InChI is InChI=1S/C41H78FNO7SSi3/c1-39(2,3)52(11,12)48-32(30-43-51(45,46)33-23-21-22-31(42)28-33)26-27-35-34(24-19-17-18-20-25-38(44)47-10)36(49-53(13,14)40(4,5)6)29-37(35)50-54(15,16)41(7,8)9/h21-23,28,32,34-37,43H,17-20,24-27,29-30H2,1-16H3/t32?,34-,35-,36+,37-/m1/s1. The van der Waals surface area contributed by atoms with Crippen LogP contribution >= 0.6 is 0 Å². The number of unbranched alkanes of at least 4 members (excludes halogenated alkanes) is 3. The van der Waals surface area contributed by atoms with Gasteiger partial charge in [0.1, 0.15) is 5.82 Å². The van der Waals surface area contributed by atoms with Gasteiger partial charge in [0, 0.05) is 13.0 Å². The maximum Gasteiger partial charge on any atom is 0.305 e. The highest BCUT2D eigenvalue weighted by Crippen LogP contribution is 2.49. The molecule has 1 aliphatic carbocycles. The Hall–Kier alpha value is -0.939. The molecule has 1 unspecified atom stereocenters. The van der Waals surface area contributed by atoms with Gasteiger partial charge in [-0.15, -0.1) is 0 Å². The molecular weight excluding hydrogens is 754 g/mol. The number of methoxy groups -OCH3 is 1. The predicted octanol–water partition coefficient (Wildman–Crippen LogP) is 11.2. The topological polar surface area (TPSA) is 100 Å². The van der Waals surface area contributed by atoms with Crippen molar-refractivity contribution in [3.05, 3.63) is 30.1 Å². The fraction of sp³-hybridized carbons (Fsp3) is 0.829. The molecule has 0 bridgehead atoms. The molecule has 0 amide bonds. The summed E-state index contributed by atoms with van der Waals surface area (Å²) in [6.45, 7) is 34.1. The van der Waals surface area contributed by atoms with E-state index in [2.05, 4.69) is 106 Å². The Morgan fingerprint density at radius 1 is 0.796 bits per heavy atom. The third-order valence-electron chi connectivity index (χ3n) is 13.1. The van der Waals surface area contributed by atoms with E-state index in [0.29, 0.717) is 12.8 Å². The second kappa shape index (κ2) is 19.2. The number of hydrogen-bond donors (Lipinski definition) is 1. The molecule has 1 saturated carbocycles. The Kier molecular flexibility index (Phi) is 17.5. The van der Waals surface area contributed by atoms with Gasteiger partial charge >= 0.3 is 5.97 Å². The van der Waals surface area contributed by atoms with Crippen LogP contribution in [-0.2, 0) is 32.8 Å².